The van der Waals surface area contributed by atoms with E-state index in [1.807, 2.05) is 13.0 Å². The third-order valence-electron chi connectivity index (χ3n) is 2.77. The van der Waals surface area contributed by atoms with Crippen LogP contribution in [0.1, 0.15) is 38.2 Å². The maximum absolute atomic E-state index is 4.68. The minimum Gasteiger partial charge on any atom is -0.369 e. The number of nitrogens with one attached hydrogen (secondary N) is 1. The Balaban J connectivity index is 2.58. The average molecular weight is 383 g/mol. The van der Waals surface area contributed by atoms with Gasteiger partial charge in [0.25, 0.3) is 0 Å². The number of halogens is 1. The van der Waals surface area contributed by atoms with Crippen LogP contribution in [0, 0.1) is 10.5 Å². The number of hydrogen-bond acceptors (Lipinski definition) is 5. The molecule has 0 fully saturated rings. The number of nitrogens with zero attached hydrogens (tertiary/aromatic N) is 4. The van der Waals surface area contributed by atoms with Gasteiger partial charge >= 0.3 is 0 Å². The van der Waals surface area contributed by atoms with Crippen molar-refractivity contribution in [1.29, 1.82) is 0 Å². The van der Waals surface area contributed by atoms with Crippen LogP contribution in [0.5, 0.6) is 0 Å². The smallest absolute Gasteiger partial charge is 0.180 e. The van der Waals surface area contributed by atoms with Gasteiger partial charge < -0.3 is 5.32 Å². The van der Waals surface area contributed by atoms with Crippen LogP contribution in [0.3, 0.4) is 0 Å². The predicted octanol–water partition coefficient (Wildman–Crippen LogP) is 3.40. The third-order valence-corrected chi connectivity index (χ3v) is 3.84. The minimum absolute atomic E-state index is 0.337. The van der Waals surface area contributed by atoms with E-state index >= 15 is 0 Å². The number of rotatable bonds is 4. The highest BCUT2D eigenvalue weighted by Crippen LogP contribution is 2.27. The Morgan fingerprint density at radius 2 is 2.00 bits per heavy atom. The molecule has 0 aromatic carbocycles. The maximum atomic E-state index is 4.68. The average Bonchev–Trinajstić information content (AvgIpc) is 2.41. The van der Waals surface area contributed by atoms with Crippen molar-refractivity contribution in [2.45, 2.75) is 33.6 Å². The second kappa shape index (κ2) is 6.43. The van der Waals surface area contributed by atoms with Crippen molar-refractivity contribution in [1.82, 2.24) is 19.9 Å². The molecule has 0 aliphatic rings. The molecular weight excluding hydrogens is 365 g/mol. The van der Waals surface area contributed by atoms with Crippen LogP contribution in [0.25, 0.3) is 11.5 Å². The summed E-state index contributed by atoms with van der Waals surface area (Å²) in [4.78, 5) is 17.8. The van der Waals surface area contributed by atoms with E-state index in [9.17, 15) is 0 Å². The van der Waals surface area contributed by atoms with Gasteiger partial charge in [0.15, 0.2) is 5.82 Å². The van der Waals surface area contributed by atoms with Gasteiger partial charge in [-0.2, -0.15) is 0 Å². The summed E-state index contributed by atoms with van der Waals surface area (Å²) in [6.07, 6.45) is 1.74. The maximum Gasteiger partial charge on any atom is 0.180 e. The number of anilines is 1. The summed E-state index contributed by atoms with van der Waals surface area (Å²) >= 11 is 2.30. The lowest BCUT2D eigenvalue weighted by Gasteiger charge is -2.14. The molecule has 0 unspecified atom stereocenters. The first-order valence-corrected chi connectivity index (χ1v) is 7.72. The molecule has 0 amide bonds. The Labute approximate surface area is 132 Å². The van der Waals surface area contributed by atoms with Gasteiger partial charge in [0, 0.05) is 12.7 Å². The Kier molecular flexibility index (Phi) is 4.85. The van der Waals surface area contributed by atoms with Gasteiger partial charge in [-0.05, 0) is 48.4 Å². The summed E-state index contributed by atoms with van der Waals surface area (Å²) in [5.74, 6) is 2.58. The van der Waals surface area contributed by atoms with Crippen LogP contribution < -0.4 is 5.32 Å². The summed E-state index contributed by atoms with van der Waals surface area (Å²) < 4.78 is 1.08. The molecule has 0 spiro atoms. The number of aryl methyl sites for hydroxylation is 1. The summed E-state index contributed by atoms with van der Waals surface area (Å²) in [6, 6.07) is 1.84. The fraction of sp³-hybridized carbons (Fsp3) is 0.429. The highest BCUT2D eigenvalue weighted by molar-refractivity contribution is 14.1. The third kappa shape index (κ3) is 3.23. The van der Waals surface area contributed by atoms with Crippen molar-refractivity contribution in [3.8, 4) is 11.5 Å². The molecule has 0 aliphatic heterocycles. The van der Waals surface area contributed by atoms with E-state index in [0.717, 1.165) is 33.1 Å². The SMILES string of the molecule is CCNc1nc(-c2ccnc(C)n2)nc(C(C)C)c1I. The molecule has 1 N–H and O–H groups in total. The van der Waals surface area contributed by atoms with Crippen molar-refractivity contribution in [3.63, 3.8) is 0 Å². The van der Waals surface area contributed by atoms with Crippen molar-refractivity contribution in [3.05, 3.63) is 27.4 Å². The molecule has 0 aliphatic carbocycles. The standard InChI is InChI=1S/C14H18IN5/c1-5-16-14-11(15)12(8(2)3)19-13(20-14)10-6-7-17-9(4)18-10/h6-8H,5H2,1-4H3,(H,16,19,20). The van der Waals surface area contributed by atoms with Crippen molar-refractivity contribution >= 4 is 28.4 Å². The fourth-order valence-corrected chi connectivity index (χ4v) is 2.88. The van der Waals surface area contributed by atoms with E-state index in [0.29, 0.717) is 11.7 Å². The molecule has 0 atom stereocenters. The largest absolute Gasteiger partial charge is 0.369 e. The molecule has 5 nitrogen and oxygen atoms in total. The molecule has 2 aromatic heterocycles. The highest BCUT2D eigenvalue weighted by atomic mass is 127. The molecule has 0 radical (unpaired) electrons. The lowest BCUT2D eigenvalue weighted by molar-refractivity contribution is 0.807. The van der Waals surface area contributed by atoms with Crippen LogP contribution in [-0.4, -0.2) is 26.5 Å². The molecule has 2 aromatic rings. The van der Waals surface area contributed by atoms with E-state index in [1.54, 1.807) is 6.20 Å². The van der Waals surface area contributed by atoms with Crippen LogP contribution in [0.4, 0.5) is 5.82 Å². The van der Waals surface area contributed by atoms with Crippen LogP contribution >= 0.6 is 22.6 Å². The summed E-state index contributed by atoms with van der Waals surface area (Å²) in [5.41, 5.74) is 1.80. The summed E-state index contributed by atoms with van der Waals surface area (Å²) in [7, 11) is 0. The Hall–Kier alpha value is -1.31. The Morgan fingerprint density at radius 3 is 2.60 bits per heavy atom. The van der Waals surface area contributed by atoms with Gasteiger partial charge in [-0.3, -0.25) is 0 Å². The lowest BCUT2D eigenvalue weighted by atomic mass is 10.1. The molecule has 20 heavy (non-hydrogen) atoms. The van der Waals surface area contributed by atoms with Gasteiger partial charge in [0.1, 0.15) is 17.3 Å². The molecule has 2 heterocycles. The number of hydrogen-bond donors (Lipinski definition) is 1. The van der Waals surface area contributed by atoms with Crippen LogP contribution in [-0.2, 0) is 0 Å². The Bertz CT molecular complexity index is 613. The minimum atomic E-state index is 0.337. The van der Waals surface area contributed by atoms with E-state index < -0.39 is 0 Å². The highest BCUT2D eigenvalue weighted by Gasteiger charge is 2.16. The van der Waals surface area contributed by atoms with Gasteiger partial charge in [-0.15, -0.1) is 0 Å². The quantitative estimate of drug-likeness (QED) is 0.820. The molecule has 0 saturated heterocycles. The van der Waals surface area contributed by atoms with Gasteiger partial charge in [0.2, 0.25) is 0 Å². The van der Waals surface area contributed by atoms with E-state index in [2.05, 4.69) is 68.6 Å². The summed E-state index contributed by atoms with van der Waals surface area (Å²) in [5, 5.41) is 3.29. The molecule has 0 bridgehead atoms. The number of aromatic nitrogens is 4. The topological polar surface area (TPSA) is 63.6 Å². The van der Waals surface area contributed by atoms with E-state index in [1.165, 1.54) is 0 Å². The Morgan fingerprint density at radius 1 is 1.25 bits per heavy atom. The molecule has 2 rings (SSSR count). The molecule has 6 heteroatoms. The van der Waals surface area contributed by atoms with E-state index in [-0.39, 0.29) is 0 Å². The first-order valence-electron chi connectivity index (χ1n) is 6.64. The van der Waals surface area contributed by atoms with Gasteiger partial charge in [0.05, 0.1) is 9.26 Å². The molecule has 0 saturated carbocycles. The zero-order valence-electron chi connectivity index (χ0n) is 12.1. The van der Waals surface area contributed by atoms with Crippen molar-refractivity contribution in [2.24, 2.45) is 0 Å². The van der Waals surface area contributed by atoms with Crippen LogP contribution in [0.15, 0.2) is 12.3 Å². The monoisotopic (exact) mass is 383 g/mol. The lowest BCUT2D eigenvalue weighted by Crippen LogP contribution is -2.09. The fourth-order valence-electron chi connectivity index (χ4n) is 1.83. The zero-order chi connectivity index (χ0) is 14.7. The first kappa shape index (κ1) is 15.1. The first-order chi connectivity index (χ1) is 9.52. The second-order valence-electron chi connectivity index (χ2n) is 4.77. The van der Waals surface area contributed by atoms with Crippen molar-refractivity contribution < 1.29 is 0 Å². The van der Waals surface area contributed by atoms with Crippen LogP contribution in [0.2, 0.25) is 0 Å². The molecule has 106 valence electrons. The predicted molar refractivity (Wildman–Crippen MR) is 88.8 cm³/mol. The molecular formula is C14H18IN5. The van der Waals surface area contributed by atoms with E-state index in [4.69, 9.17) is 0 Å². The second-order valence-corrected chi connectivity index (χ2v) is 5.85. The van der Waals surface area contributed by atoms with Crippen molar-refractivity contribution in [2.75, 3.05) is 11.9 Å². The normalized spacial score (nSPS) is 10.9. The van der Waals surface area contributed by atoms with Gasteiger partial charge in [-0.1, -0.05) is 13.8 Å². The van der Waals surface area contributed by atoms with Gasteiger partial charge in [-0.25, -0.2) is 19.9 Å². The summed E-state index contributed by atoms with van der Waals surface area (Å²) in [6.45, 7) is 9.02. The zero-order valence-corrected chi connectivity index (χ0v) is 14.3.